The molecule has 0 N–H and O–H groups in total. The third-order valence-electron chi connectivity index (χ3n) is 5.61. The number of esters is 1. The van der Waals surface area contributed by atoms with Crippen molar-refractivity contribution in [1.82, 2.24) is 9.88 Å². The summed E-state index contributed by atoms with van der Waals surface area (Å²) in [6.07, 6.45) is 0.361. The zero-order valence-corrected chi connectivity index (χ0v) is 25.1. The van der Waals surface area contributed by atoms with Gasteiger partial charge in [-0.05, 0) is 65.7 Å². The van der Waals surface area contributed by atoms with Crippen LogP contribution in [0.4, 0.5) is 15.4 Å². The molecule has 2 aromatic rings. The summed E-state index contributed by atoms with van der Waals surface area (Å²) in [6, 6.07) is 14.1. The highest BCUT2D eigenvalue weighted by Gasteiger charge is 2.40. The van der Waals surface area contributed by atoms with Crippen LogP contribution in [0.15, 0.2) is 54.7 Å². The van der Waals surface area contributed by atoms with E-state index < -0.39 is 41.5 Å². The van der Waals surface area contributed by atoms with Gasteiger partial charge in [0, 0.05) is 6.20 Å². The maximum absolute atomic E-state index is 13.2. The molecule has 0 spiro atoms. The Kier molecular flexibility index (Phi) is 11.8. The Morgan fingerprint density at radius 1 is 0.950 bits per heavy atom. The molecular formula is C29H41N3O7S. The van der Waals surface area contributed by atoms with E-state index in [1.165, 1.54) is 9.80 Å². The maximum Gasteiger partial charge on any atom is 0.416 e. The van der Waals surface area contributed by atoms with Gasteiger partial charge < -0.3 is 23.8 Å². The first-order valence-corrected chi connectivity index (χ1v) is 13.0. The Balaban J connectivity index is 0.00000560. The second-order valence-electron chi connectivity index (χ2n) is 11.4. The second kappa shape index (κ2) is 14.4. The van der Waals surface area contributed by atoms with Crippen LogP contribution in [0.5, 0.6) is 0 Å². The number of anilines is 1. The van der Waals surface area contributed by atoms with Crippen LogP contribution in [0, 0.1) is 0 Å². The molecule has 1 aliphatic rings. The number of pyridine rings is 1. The molecule has 1 saturated heterocycles. The molecule has 220 valence electrons. The molecule has 10 nitrogen and oxygen atoms in total. The minimum atomic E-state index is -0.729. The van der Waals surface area contributed by atoms with Crippen molar-refractivity contribution in [1.29, 1.82) is 0 Å². The van der Waals surface area contributed by atoms with Crippen molar-refractivity contribution in [2.45, 2.75) is 77.9 Å². The van der Waals surface area contributed by atoms with Crippen molar-refractivity contribution in [3.8, 4) is 0 Å². The fraction of sp³-hybridized carbons (Fsp3) is 0.517. The zero-order chi connectivity index (χ0) is 28.6. The molecule has 3 rings (SSSR count). The Bertz CT molecular complexity index is 1100. The van der Waals surface area contributed by atoms with E-state index >= 15 is 0 Å². The van der Waals surface area contributed by atoms with Crippen LogP contribution in [0.1, 0.15) is 53.5 Å². The van der Waals surface area contributed by atoms with Gasteiger partial charge in [-0.3, -0.25) is 4.90 Å². The van der Waals surface area contributed by atoms with Gasteiger partial charge in [0.25, 0.3) is 0 Å². The Morgan fingerprint density at radius 2 is 1.60 bits per heavy atom. The molecule has 0 unspecified atom stereocenters. The van der Waals surface area contributed by atoms with Gasteiger partial charge in [-0.15, -0.1) is 0 Å². The number of benzene rings is 1. The van der Waals surface area contributed by atoms with Crippen molar-refractivity contribution in [3.63, 3.8) is 0 Å². The highest BCUT2D eigenvalue weighted by molar-refractivity contribution is 7.59. The second-order valence-corrected chi connectivity index (χ2v) is 11.4. The van der Waals surface area contributed by atoms with E-state index in [0.717, 1.165) is 5.56 Å². The summed E-state index contributed by atoms with van der Waals surface area (Å²) in [5.74, 6) is -0.101. The average Bonchev–Trinajstić information content (AvgIpc) is 3.26. The van der Waals surface area contributed by atoms with Gasteiger partial charge in [-0.1, -0.05) is 36.4 Å². The minimum Gasteiger partial charge on any atom is -0.458 e. The monoisotopic (exact) mass is 575 g/mol. The third kappa shape index (κ3) is 10.7. The fourth-order valence-electron chi connectivity index (χ4n) is 4.05. The van der Waals surface area contributed by atoms with E-state index in [-0.39, 0.29) is 39.8 Å². The van der Waals surface area contributed by atoms with Crippen LogP contribution in [0.2, 0.25) is 0 Å². The number of hydrogen-bond donors (Lipinski definition) is 0. The molecule has 2 amide bonds. The number of ether oxygens (including phenoxy) is 4. The molecule has 1 fully saturated rings. The molecule has 1 aromatic carbocycles. The fourth-order valence-corrected chi connectivity index (χ4v) is 4.05. The van der Waals surface area contributed by atoms with Gasteiger partial charge in [-0.2, -0.15) is 13.5 Å². The molecule has 0 radical (unpaired) electrons. The van der Waals surface area contributed by atoms with Crippen molar-refractivity contribution >= 4 is 37.5 Å². The number of nitrogens with zero attached hydrogens (tertiary/aromatic N) is 3. The lowest BCUT2D eigenvalue weighted by atomic mass is 10.2. The smallest absolute Gasteiger partial charge is 0.416 e. The zero-order valence-electron chi connectivity index (χ0n) is 24.1. The van der Waals surface area contributed by atoms with Crippen LogP contribution < -0.4 is 4.90 Å². The van der Waals surface area contributed by atoms with Crippen LogP contribution >= 0.6 is 13.5 Å². The molecule has 40 heavy (non-hydrogen) atoms. The van der Waals surface area contributed by atoms with Gasteiger partial charge in [-0.25, -0.2) is 19.4 Å². The lowest BCUT2D eigenvalue weighted by Crippen LogP contribution is -2.47. The summed E-state index contributed by atoms with van der Waals surface area (Å²) in [7, 11) is 0. The van der Waals surface area contributed by atoms with Gasteiger partial charge in [0.15, 0.2) is 0 Å². The number of hydrogen-bond acceptors (Lipinski definition) is 8. The van der Waals surface area contributed by atoms with Crippen molar-refractivity contribution in [3.05, 3.63) is 60.3 Å². The van der Waals surface area contributed by atoms with Crippen LogP contribution in [-0.4, -0.2) is 71.1 Å². The molecule has 1 aliphatic heterocycles. The minimum absolute atomic E-state index is 0. The van der Waals surface area contributed by atoms with Gasteiger partial charge >= 0.3 is 18.2 Å². The number of aromatic nitrogens is 1. The van der Waals surface area contributed by atoms with Crippen LogP contribution in [-0.2, 0) is 30.3 Å². The van der Waals surface area contributed by atoms with Crippen molar-refractivity contribution < 1.29 is 33.3 Å². The highest BCUT2D eigenvalue weighted by atomic mass is 32.1. The summed E-state index contributed by atoms with van der Waals surface area (Å²) in [5, 5.41) is 0. The highest BCUT2D eigenvalue weighted by Crippen LogP contribution is 2.26. The first-order chi connectivity index (χ1) is 18.3. The average molecular weight is 576 g/mol. The Hall–Kier alpha value is -3.31. The number of rotatable bonds is 8. The summed E-state index contributed by atoms with van der Waals surface area (Å²) in [4.78, 5) is 45.9. The Morgan fingerprint density at radius 3 is 2.20 bits per heavy atom. The molecule has 0 aliphatic carbocycles. The van der Waals surface area contributed by atoms with E-state index in [1.807, 2.05) is 30.3 Å². The normalized spacial score (nSPS) is 17.0. The van der Waals surface area contributed by atoms with Crippen LogP contribution in [0.25, 0.3) is 0 Å². The summed E-state index contributed by atoms with van der Waals surface area (Å²) >= 11 is 0. The lowest BCUT2D eigenvalue weighted by molar-refractivity contribution is -0.162. The topological polar surface area (TPSA) is 108 Å². The predicted molar refractivity (Wildman–Crippen MR) is 156 cm³/mol. The molecule has 1 aromatic heterocycles. The largest absolute Gasteiger partial charge is 0.458 e. The molecule has 2 heterocycles. The predicted octanol–water partition coefficient (Wildman–Crippen LogP) is 5.07. The standard InChI is InChI=1S/C29H39N3O7.H2S/c1-28(2,3)38-25(33)20-36-23-16-22(31(18-23)26(34)37-19-21-12-8-7-9-13-21)17-32(24-14-10-11-15-30-24)27(35)39-29(4,5)6;/h7-15,22-23H,16-20H2,1-6H3;1H2/t22-,23+;/m0./s1. The van der Waals surface area contributed by atoms with E-state index in [4.69, 9.17) is 18.9 Å². The van der Waals surface area contributed by atoms with E-state index in [1.54, 1.807) is 65.9 Å². The van der Waals surface area contributed by atoms with E-state index in [2.05, 4.69) is 4.98 Å². The number of amides is 2. The molecular weight excluding hydrogens is 534 g/mol. The first kappa shape index (κ1) is 32.9. The van der Waals surface area contributed by atoms with Crippen molar-refractivity contribution in [2.75, 3.05) is 24.6 Å². The Labute approximate surface area is 243 Å². The number of likely N-dealkylation sites (tertiary alicyclic amines) is 1. The number of carbonyl (C=O) groups is 3. The third-order valence-corrected chi connectivity index (χ3v) is 5.61. The molecule has 11 heteroatoms. The molecule has 0 saturated carbocycles. The van der Waals surface area contributed by atoms with Gasteiger partial charge in [0.1, 0.15) is 30.2 Å². The van der Waals surface area contributed by atoms with E-state index in [0.29, 0.717) is 12.2 Å². The number of carbonyl (C=O) groups excluding carboxylic acids is 3. The summed E-state index contributed by atoms with van der Waals surface area (Å²) in [6.45, 7) is 10.8. The lowest BCUT2D eigenvalue weighted by Gasteiger charge is -2.31. The van der Waals surface area contributed by atoms with Gasteiger partial charge in [0.05, 0.1) is 25.2 Å². The summed E-state index contributed by atoms with van der Waals surface area (Å²) in [5.41, 5.74) is -0.515. The SMILES string of the molecule is CC(C)(C)OC(=O)CO[C@@H]1C[C@@H](CN(C(=O)OC(C)(C)C)c2ccccn2)N(C(=O)OCc2ccccc2)C1.S. The summed E-state index contributed by atoms with van der Waals surface area (Å²) < 4.78 is 22.4. The van der Waals surface area contributed by atoms with E-state index in [9.17, 15) is 14.4 Å². The molecule has 0 bridgehead atoms. The quantitative estimate of drug-likeness (QED) is 0.317. The first-order valence-electron chi connectivity index (χ1n) is 13.0. The van der Waals surface area contributed by atoms with Crippen LogP contribution in [0.3, 0.4) is 0 Å². The van der Waals surface area contributed by atoms with Crippen molar-refractivity contribution in [2.24, 2.45) is 0 Å². The molecule has 2 atom stereocenters. The van der Waals surface area contributed by atoms with Gasteiger partial charge in [0.2, 0.25) is 0 Å². The maximum atomic E-state index is 13.2.